The molecule has 0 spiro atoms. The van der Waals surface area contributed by atoms with E-state index in [9.17, 15) is 4.79 Å². The maximum absolute atomic E-state index is 12.0. The third-order valence-corrected chi connectivity index (χ3v) is 2.88. The molecule has 0 aliphatic carbocycles. The number of nitrogens with one attached hydrogen (secondary N) is 1. The lowest BCUT2D eigenvalue weighted by molar-refractivity contribution is 0.0959. The number of fused-ring (bicyclic) bond motifs is 1. The summed E-state index contributed by atoms with van der Waals surface area (Å²) >= 11 is 3.19. The van der Waals surface area contributed by atoms with Crippen LogP contribution in [0.25, 0.3) is 10.8 Å². The van der Waals surface area contributed by atoms with E-state index in [1.807, 2.05) is 30.3 Å². The Morgan fingerprint density at radius 2 is 1.89 bits per heavy atom. The van der Waals surface area contributed by atoms with E-state index in [0.29, 0.717) is 17.8 Å². The van der Waals surface area contributed by atoms with Crippen LogP contribution in [0.3, 0.4) is 0 Å². The van der Waals surface area contributed by atoms with Gasteiger partial charge in [-0.1, -0.05) is 46.8 Å². The molecule has 0 saturated carbocycles. The van der Waals surface area contributed by atoms with Crippen molar-refractivity contribution in [3.63, 3.8) is 0 Å². The van der Waals surface area contributed by atoms with Gasteiger partial charge in [0.2, 0.25) is 0 Å². The first kappa shape index (κ1) is 12.6. The van der Waals surface area contributed by atoms with E-state index in [1.54, 1.807) is 6.07 Å². The zero-order chi connectivity index (χ0) is 13.1. The number of amides is 1. The summed E-state index contributed by atoms with van der Waals surface area (Å²) in [5.74, 6) is -0.196. The number of hydrogen-bond acceptors (Lipinski definition) is 2. The molecule has 0 radical (unpaired) electrons. The Bertz CT molecular complexity index is 622. The van der Waals surface area contributed by atoms with Crippen LogP contribution in [0, 0.1) is 0 Å². The molecule has 18 heavy (non-hydrogen) atoms. The second kappa shape index (κ2) is 5.23. The summed E-state index contributed by atoms with van der Waals surface area (Å²) in [7, 11) is 0. The summed E-state index contributed by atoms with van der Waals surface area (Å²) in [6.45, 7) is 4.04. The van der Waals surface area contributed by atoms with Gasteiger partial charge in [-0.3, -0.25) is 4.79 Å². The number of carbonyl (C=O) groups excluding carboxylic acids is 1. The van der Waals surface area contributed by atoms with E-state index in [2.05, 4.69) is 27.8 Å². The SMILES string of the molecule is C=C(Br)CNC(=O)c1cc2ccccc2cc1N. The number of nitrogens with two attached hydrogens (primary N) is 1. The fourth-order valence-corrected chi connectivity index (χ4v) is 1.87. The van der Waals surface area contributed by atoms with Crippen molar-refractivity contribution in [2.75, 3.05) is 12.3 Å². The Balaban J connectivity index is 2.35. The molecule has 4 heteroatoms. The van der Waals surface area contributed by atoms with Gasteiger partial charge in [0, 0.05) is 16.7 Å². The van der Waals surface area contributed by atoms with Crippen LogP contribution in [0.5, 0.6) is 0 Å². The maximum Gasteiger partial charge on any atom is 0.253 e. The number of anilines is 1. The van der Waals surface area contributed by atoms with E-state index in [1.165, 1.54) is 0 Å². The van der Waals surface area contributed by atoms with Gasteiger partial charge in [-0.25, -0.2) is 0 Å². The Morgan fingerprint density at radius 3 is 2.50 bits per heavy atom. The Kier molecular flexibility index (Phi) is 3.67. The third-order valence-electron chi connectivity index (χ3n) is 2.60. The van der Waals surface area contributed by atoms with Gasteiger partial charge in [0.15, 0.2) is 0 Å². The zero-order valence-corrected chi connectivity index (χ0v) is 11.3. The Labute approximate surface area is 114 Å². The van der Waals surface area contributed by atoms with Crippen LogP contribution in [0.15, 0.2) is 47.5 Å². The largest absolute Gasteiger partial charge is 0.398 e. The predicted octanol–water partition coefficient (Wildman–Crippen LogP) is 3.06. The van der Waals surface area contributed by atoms with Crippen LogP contribution in [0.2, 0.25) is 0 Å². The van der Waals surface area contributed by atoms with Crippen LogP contribution in [0.4, 0.5) is 5.69 Å². The first-order chi connectivity index (χ1) is 8.58. The Hall–Kier alpha value is -1.81. The number of nitrogen functional groups attached to an aromatic ring is 1. The highest BCUT2D eigenvalue weighted by atomic mass is 79.9. The van der Waals surface area contributed by atoms with Crippen molar-refractivity contribution in [3.8, 4) is 0 Å². The fourth-order valence-electron chi connectivity index (χ4n) is 1.73. The molecule has 2 aromatic rings. The molecule has 2 rings (SSSR count). The third kappa shape index (κ3) is 2.71. The number of carbonyl (C=O) groups is 1. The zero-order valence-electron chi connectivity index (χ0n) is 9.74. The molecule has 0 aromatic heterocycles. The van der Waals surface area contributed by atoms with Gasteiger partial charge in [0.1, 0.15) is 0 Å². The van der Waals surface area contributed by atoms with Crippen molar-refractivity contribution in [1.82, 2.24) is 5.32 Å². The van der Waals surface area contributed by atoms with Crippen LogP contribution in [0.1, 0.15) is 10.4 Å². The normalized spacial score (nSPS) is 10.3. The smallest absolute Gasteiger partial charge is 0.253 e. The molecule has 0 fully saturated rings. The molecular weight excluding hydrogens is 292 g/mol. The van der Waals surface area contributed by atoms with Crippen LogP contribution < -0.4 is 11.1 Å². The molecule has 3 nitrogen and oxygen atoms in total. The minimum absolute atomic E-state index is 0.196. The lowest BCUT2D eigenvalue weighted by atomic mass is 10.0. The molecule has 0 bridgehead atoms. The summed E-state index contributed by atoms with van der Waals surface area (Å²) in [5.41, 5.74) is 6.87. The molecule has 0 aliphatic heterocycles. The number of rotatable bonds is 3. The van der Waals surface area contributed by atoms with Crippen LogP contribution in [-0.4, -0.2) is 12.5 Å². The predicted molar refractivity (Wildman–Crippen MR) is 78.8 cm³/mol. The second-order valence-electron chi connectivity index (χ2n) is 3.99. The summed E-state index contributed by atoms with van der Waals surface area (Å²) in [6, 6.07) is 11.4. The molecule has 92 valence electrons. The molecule has 0 unspecified atom stereocenters. The highest BCUT2D eigenvalue weighted by Crippen LogP contribution is 2.21. The van der Waals surface area contributed by atoms with Gasteiger partial charge in [-0.15, -0.1) is 0 Å². The van der Waals surface area contributed by atoms with Gasteiger partial charge < -0.3 is 11.1 Å². The maximum atomic E-state index is 12.0. The van der Waals surface area contributed by atoms with Gasteiger partial charge in [0.05, 0.1) is 5.56 Å². The van der Waals surface area contributed by atoms with E-state index in [4.69, 9.17) is 5.73 Å². The molecule has 2 aromatic carbocycles. The van der Waals surface area contributed by atoms with Crippen LogP contribution in [-0.2, 0) is 0 Å². The van der Waals surface area contributed by atoms with Gasteiger partial charge >= 0.3 is 0 Å². The number of benzene rings is 2. The van der Waals surface area contributed by atoms with Crippen molar-refractivity contribution < 1.29 is 4.79 Å². The van der Waals surface area contributed by atoms with Crippen molar-refractivity contribution in [3.05, 3.63) is 53.0 Å². The average Bonchev–Trinajstić information content (AvgIpc) is 2.35. The fraction of sp³-hybridized carbons (Fsp3) is 0.0714. The monoisotopic (exact) mass is 304 g/mol. The molecule has 3 N–H and O–H groups in total. The summed E-state index contributed by atoms with van der Waals surface area (Å²) in [6.07, 6.45) is 0. The van der Waals surface area contributed by atoms with Gasteiger partial charge in [-0.05, 0) is 22.9 Å². The molecule has 1 amide bonds. The van der Waals surface area contributed by atoms with Crippen molar-refractivity contribution in [2.45, 2.75) is 0 Å². The Morgan fingerprint density at radius 1 is 1.28 bits per heavy atom. The summed E-state index contributed by atoms with van der Waals surface area (Å²) < 4.78 is 0.718. The number of hydrogen-bond donors (Lipinski definition) is 2. The summed E-state index contributed by atoms with van der Waals surface area (Å²) in [5, 5.41) is 4.76. The number of halogens is 1. The van der Waals surface area contributed by atoms with Gasteiger partial charge in [-0.2, -0.15) is 0 Å². The van der Waals surface area contributed by atoms with Crippen molar-refractivity contribution in [1.29, 1.82) is 0 Å². The van der Waals surface area contributed by atoms with Crippen LogP contribution >= 0.6 is 15.9 Å². The quantitative estimate of drug-likeness (QED) is 0.856. The topological polar surface area (TPSA) is 55.1 Å². The standard InChI is InChI=1S/C14H13BrN2O/c1-9(15)8-17-14(18)12-6-10-4-2-3-5-11(10)7-13(12)16/h2-7H,1,8,16H2,(H,17,18). The lowest BCUT2D eigenvalue weighted by Gasteiger charge is -2.08. The van der Waals surface area contributed by atoms with E-state index < -0.39 is 0 Å². The molecule has 0 heterocycles. The minimum Gasteiger partial charge on any atom is -0.398 e. The summed E-state index contributed by atoms with van der Waals surface area (Å²) in [4.78, 5) is 12.0. The van der Waals surface area contributed by atoms with E-state index in [-0.39, 0.29) is 5.91 Å². The molecular formula is C14H13BrN2O. The van der Waals surface area contributed by atoms with E-state index >= 15 is 0 Å². The molecule has 0 saturated heterocycles. The van der Waals surface area contributed by atoms with Gasteiger partial charge in [0.25, 0.3) is 5.91 Å². The molecule has 0 atom stereocenters. The lowest BCUT2D eigenvalue weighted by Crippen LogP contribution is -2.25. The minimum atomic E-state index is -0.196. The first-order valence-electron chi connectivity index (χ1n) is 5.47. The second-order valence-corrected chi connectivity index (χ2v) is 5.11. The van der Waals surface area contributed by atoms with E-state index in [0.717, 1.165) is 15.3 Å². The average molecular weight is 305 g/mol. The molecule has 0 aliphatic rings. The highest BCUT2D eigenvalue weighted by Gasteiger charge is 2.10. The van der Waals surface area contributed by atoms with Crippen molar-refractivity contribution in [2.24, 2.45) is 0 Å². The first-order valence-corrected chi connectivity index (χ1v) is 6.27. The highest BCUT2D eigenvalue weighted by molar-refractivity contribution is 9.11. The van der Waals surface area contributed by atoms with Crippen molar-refractivity contribution >= 4 is 38.3 Å².